The molecule has 0 spiro atoms. The van der Waals surface area contributed by atoms with Crippen LogP contribution in [-0.2, 0) is 26.9 Å². The Morgan fingerprint density at radius 3 is 1.90 bits per heavy atom. The number of aryl methyl sites for hydroxylation is 1. The Morgan fingerprint density at radius 1 is 0.933 bits per heavy atom. The number of ether oxygens (including phenoxy) is 2. The molecule has 1 aromatic heterocycles. The standard InChI is InChI=1S/C25H27NO4/c1-5-30-25(20-12-8-6-9-13-20,21-14-10-7-11-15-21)24(28)29-17-23(27)22-16-18(2)26(4)19(22)3/h6-16H,5,17H2,1-4H3. The number of nitrogens with zero attached hydrogens (tertiary/aromatic N) is 1. The lowest BCUT2D eigenvalue weighted by Crippen LogP contribution is -2.42. The van der Waals surface area contributed by atoms with Crippen molar-refractivity contribution in [3.63, 3.8) is 0 Å². The van der Waals surface area contributed by atoms with Crippen LogP contribution in [0.15, 0.2) is 66.7 Å². The first-order valence-electron chi connectivity index (χ1n) is 10.00. The van der Waals surface area contributed by atoms with Crippen molar-refractivity contribution < 1.29 is 19.1 Å². The molecule has 0 unspecified atom stereocenters. The van der Waals surface area contributed by atoms with Gasteiger partial charge in [0, 0.05) is 30.6 Å². The highest BCUT2D eigenvalue weighted by molar-refractivity contribution is 6.00. The maximum absolute atomic E-state index is 13.4. The lowest BCUT2D eigenvalue weighted by atomic mass is 9.86. The van der Waals surface area contributed by atoms with E-state index < -0.39 is 11.6 Å². The SMILES string of the molecule is CCOC(C(=O)OCC(=O)c1cc(C)n(C)c1C)(c1ccccc1)c1ccccc1. The molecular weight excluding hydrogens is 378 g/mol. The molecule has 0 N–H and O–H groups in total. The predicted octanol–water partition coefficient (Wildman–Crippen LogP) is 4.35. The highest BCUT2D eigenvalue weighted by Crippen LogP contribution is 2.35. The van der Waals surface area contributed by atoms with Gasteiger partial charge in [0.25, 0.3) is 0 Å². The third-order valence-corrected chi connectivity index (χ3v) is 5.42. The minimum Gasteiger partial charge on any atom is -0.455 e. The number of benzene rings is 2. The van der Waals surface area contributed by atoms with Gasteiger partial charge in [0.15, 0.2) is 6.61 Å². The van der Waals surface area contributed by atoms with Crippen molar-refractivity contribution in [3.8, 4) is 0 Å². The van der Waals surface area contributed by atoms with Crippen molar-refractivity contribution in [2.75, 3.05) is 13.2 Å². The third kappa shape index (κ3) is 3.94. The van der Waals surface area contributed by atoms with Gasteiger partial charge in [0.2, 0.25) is 11.4 Å². The van der Waals surface area contributed by atoms with Crippen molar-refractivity contribution in [1.82, 2.24) is 4.57 Å². The Bertz CT molecular complexity index is 983. The fourth-order valence-corrected chi connectivity index (χ4v) is 3.64. The summed E-state index contributed by atoms with van der Waals surface area (Å²) >= 11 is 0. The second-order valence-corrected chi connectivity index (χ2v) is 7.19. The smallest absolute Gasteiger partial charge is 0.348 e. The molecule has 0 aliphatic heterocycles. The second-order valence-electron chi connectivity index (χ2n) is 7.19. The van der Waals surface area contributed by atoms with Gasteiger partial charge in [-0.2, -0.15) is 0 Å². The maximum atomic E-state index is 13.4. The zero-order chi connectivity index (χ0) is 21.7. The van der Waals surface area contributed by atoms with E-state index in [1.54, 1.807) is 0 Å². The summed E-state index contributed by atoms with van der Waals surface area (Å²) in [7, 11) is 1.90. The number of rotatable bonds is 8. The minimum atomic E-state index is -1.45. The van der Waals surface area contributed by atoms with Crippen LogP contribution in [0.1, 0.15) is 39.8 Å². The van der Waals surface area contributed by atoms with E-state index in [-0.39, 0.29) is 12.4 Å². The van der Waals surface area contributed by atoms with E-state index in [9.17, 15) is 9.59 Å². The van der Waals surface area contributed by atoms with Crippen LogP contribution in [0.2, 0.25) is 0 Å². The number of Topliss-reactive ketones (excluding diaryl/α,β-unsaturated/α-hetero) is 1. The van der Waals surface area contributed by atoms with Crippen LogP contribution >= 0.6 is 0 Å². The molecule has 0 radical (unpaired) electrons. The highest BCUT2D eigenvalue weighted by Gasteiger charge is 2.45. The first kappa shape index (κ1) is 21.5. The Morgan fingerprint density at radius 2 is 1.47 bits per heavy atom. The molecule has 1 heterocycles. The van der Waals surface area contributed by atoms with Gasteiger partial charge >= 0.3 is 5.97 Å². The van der Waals surface area contributed by atoms with Gasteiger partial charge in [-0.15, -0.1) is 0 Å². The van der Waals surface area contributed by atoms with Crippen LogP contribution in [-0.4, -0.2) is 29.5 Å². The van der Waals surface area contributed by atoms with Crippen molar-refractivity contribution in [1.29, 1.82) is 0 Å². The molecule has 2 aromatic carbocycles. The van der Waals surface area contributed by atoms with E-state index >= 15 is 0 Å². The third-order valence-electron chi connectivity index (χ3n) is 5.42. The molecule has 5 nitrogen and oxygen atoms in total. The Kier molecular flexibility index (Phi) is 6.53. The first-order valence-corrected chi connectivity index (χ1v) is 10.00. The van der Waals surface area contributed by atoms with Gasteiger partial charge in [0.05, 0.1) is 0 Å². The van der Waals surface area contributed by atoms with Crippen LogP contribution in [0, 0.1) is 13.8 Å². The average molecular weight is 405 g/mol. The van der Waals surface area contributed by atoms with Crippen LogP contribution < -0.4 is 0 Å². The average Bonchev–Trinajstić information content (AvgIpc) is 3.04. The first-order chi connectivity index (χ1) is 14.4. The zero-order valence-electron chi connectivity index (χ0n) is 17.8. The minimum absolute atomic E-state index is 0.240. The van der Waals surface area contributed by atoms with E-state index in [4.69, 9.17) is 9.47 Å². The molecule has 5 heteroatoms. The van der Waals surface area contributed by atoms with Crippen molar-refractivity contribution >= 4 is 11.8 Å². The Balaban J connectivity index is 1.94. The molecule has 0 aliphatic rings. The molecule has 3 rings (SSSR count). The molecule has 156 valence electrons. The van der Waals surface area contributed by atoms with Gasteiger partial charge in [-0.3, -0.25) is 4.79 Å². The highest BCUT2D eigenvalue weighted by atomic mass is 16.6. The van der Waals surface area contributed by atoms with E-state index in [1.165, 1.54) is 0 Å². The second kappa shape index (κ2) is 9.09. The molecule has 0 amide bonds. The fourth-order valence-electron chi connectivity index (χ4n) is 3.64. The van der Waals surface area contributed by atoms with Crippen molar-refractivity contribution in [2.24, 2.45) is 7.05 Å². The summed E-state index contributed by atoms with van der Waals surface area (Å²) in [6, 6.07) is 20.3. The summed E-state index contributed by atoms with van der Waals surface area (Å²) in [5.41, 5.74) is 2.24. The molecule has 30 heavy (non-hydrogen) atoms. The number of hydrogen-bond acceptors (Lipinski definition) is 4. The van der Waals surface area contributed by atoms with Crippen molar-refractivity contribution in [3.05, 3.63) is 94.8 Å². The largest absolute Gasteiger partial charge is 0.455 e. The molecule has 0 saturated carbocycles. The molecule has 0 atom stereocenters. The Hall–Kier alpha value is -3.18. The quantitative estimate of drug-likeness (QED) is 0.413. The molecule has 0 saturated heterocycles. The summed E-state index contributed by atoms with van der Waals surface area (Å²) in [4.78, 5) is 26.2. The van der Waals surface area contributed by atoms with Gasteiger partial charge in [-0.25, -0.2) is 4.79 Å². The topological polar surface area (TPSA) is 57.5 Å². The van der Waals surface area contributed by atoms with Crippen molar-refractivity contribution in [2.45, 2.75) is 26.4 Å². The number of esters is 1. The molecule has 3 aromatic rings. The summed E-state index contributed by atoms with van der Waals surface area (Å²) in [5, 5.41) is 0. The summed E-state index contributed by atoms with van der Waals surface area (Å²) in [6.45, 7) is 5.58. The van der Waals surface area contributed by atoms with Gasteiger partial charge in [-0.1, -0.05) is 60.7 Å². The van der Waals surface area contributed by atoms with Gasteiger partial charge in [-0.05, 0) is 38.0 Å². The van der Waals surface area contributed by atoms with E-state index in [2.05, 4.69) is 0 Å². The van der Waals surface area contributed by atoms with Crippen LogP contribution in [0.5, 0.6) is 0 Å². The van der Waals surface area contributed by atoms with Crippen LogP contribution in [0.4, 0.5) is 0 Å². The summed E-state index contributed by atoms with van der Waals surface area (Å²) in [6.07, 6.45) is 0. The van der Waals surface area contributed by atoms with Crippen LogP contribution in [0.25, 0.3) is 0 Å². The monoisotopic (exact) mass is 405 g/mol. The lowest BCUT2D eigenvalue weighted by molar-refractivity contribution is -0.167. The van der Waals surface area contributed by atoms with Gasteiger partial charge < -0.3 is 14.0 Å². The molecule has 0 aliphatic carbocycles. The summed E-state index contributed by atoms with van der Waals surface area (Å²) < 4.78 is 13.6. The van der Waals surface area contributed by atoms with Gasteiger partial charge in [0.1, 0.15) is 0 Å². The van der Waals surface area contributed by atoms with E-state index in [0.29, 0.717) is 23.3 Å². The zero-order valence-corrected chi connectivity index (χ0v) is 17.8. The predicted molar refractivity (Wildman–Crippen MR) is 115 cm³/mol. The van der Waals surface area contributed by atoms with E-state index in [1.807, 2.05) is 99.1 Å². The molecule has 0 bridgehead atoms. The summed E-state index contributed by atoms with van der Waals surface area (Å²) in [5.74, 6) is -0.850. The normalized spacial score (nSPS) is 11.3. The number of ketones is 1. The maximum Gasteiger partial charge on any atom is 0.348 e. The Labute approximate surface area is 177 Å². The van der Waals surface area contributed by atoms with Crippen LogP contribution in [0.3, 0.4) is 0 Å². The number of carbonyl (C=O) groups excluding carboxylic acids is 2. The molecule has 0 fully saturated rings. The lowest BCUT2D eigenvalue weighted by Gasteiger charge is -2.32. The fraction of sp³-hybridized carbons (Fsp3) is 0.280. The van der Waals surface area contributed by atoms with E-state index in [0.717, 1.165) is 11.4 Å². The number of carbonyl (C=O) groups is 2. The number of hydrogen-bond donors (Lipinski definition) is 0. The number of aromatic nitrogens is 1. The molecular formula is C25H27NO4.